The van der Waals surface area contributed by atoms with Gasteiger partial charge in [-0.3, -0.25) is 0 Å². The number of aryl methyl sites for hydroxylation is 1. The third-order valence-corrected chi connectivity index (χ3v) is 5.07. The van der Waals surface area contributed by atoms with Crippen LogP contribution in [-0.2, 0) is 10.0 Å². The number of nitrogens with two attached hydrogens (primary N) is 1. The van der Waals surface area contributed by atoms with Crippen molar-refractivity contribution >= 4 is 10.0 Å². The zero-order valence-electron chi connectivity index (χ0n) is 9.96. The molecule has 1 fully saturated rings. The molecule has 2 N–H and O–H groups in total. The first-order valence-corrected chi connectivity index (χ1v) is 7.25. The molecule has 17 heavy (non-hydrogen) atoms. The molecule has 0 amide bonds. The fourth-order valence-corrected chi connectivity index (χ4v) is 3.77. The Morgan fingerprint density at radius 2 is 2.24 bits per heavy atom. The van der Waals surface area contributed by atoms with Crippen molar-refractivity contribution in [2.75, 3.05) is 19.6 Å². The number of rotatable bonds is 3. The minimum absolute atomic E-state index is 0.301. The molecule has 94 valence electrons. The van der Waals surface area contributed by atoms with Crippen LogP contribution in [0.25, 0.3) is 0 Å². The molecule has 0 aliphatic carbocycles. The summed E-state index contributed by atoms with van der Waals surface area (Å²) in [6.07, 6.45) is 0.863. The van der Waals surface area contributed by atoms with Crippen LogP contribution in [0.2, 0.25) is 0 Å². The van der Waals surface area contributed by atoms with Crippen LogP contribution < -0.4 is 5.73 Å². The van der Waals surface area contributed by atoms with Gasteiger partial charge in [0.2, 0.25) is 10.0 Å². The molecule has 0 unspecified atom stereocenters. The van der Waals surface area contributed by atoms with E-state index in [0.717, 1.165) is 12.0 Å². The lowest BCUT2D eigenvalue weighted by atomic mass is 10.1. The van der Waals surface area contributed by atoms with E-state index >= 15 is 0 Å². The predicted molar refractivity (Wildman–Crippen MR) is 67.1 cm³/mol. The van der Waals surface area contributed by atoms with Gasteiger partial charge in [-0.05, 0) is 43.5 Å². The van der Waals surface area contributed by atoms with Crippen LogP contribution in [0.3, 0.4) is 0 Å². The molecule has 0 spiro atoms. The summed E-state index contributed by atoms with van der Waals surface area (Å²) in [4.78, 5) is 0.384. The Balaban J connectivity index is 2.25. The van der Waals surface area contributed by atoms with Gasteiger partial charge in [0.25, 0.3) is 0 Å². The molecule has 1 atom stereocenters. The summed E-state index contributed by atoms with van der Waals surface area (Å²) in [6.45, 7) is 3.58. The van der Waals surface area contributed by atoms with Crippen molar-refractivity contribution in [3.05, 3.63) is 29.8 Å². The molecular formula is C12H18N2O2S. The van der Waals surface area contributed by atoms with Gasteiger partial charge in [-0.15, -0.1) is 0 Å². The predicted octanol–water partition coefficient (Wildman–Crippen LogP) is 0.964. The largest absolute Gasteiger partial charge is 0.330 e. The summed E-state index contributed by atoms with van der Waals surface area (Å²) in [6, 6.07) is 7.04. The van der Waals surface area contributed by atoms with Gasteiger partial charge in [-0.2, -0.15) is 4.31 Å². The molecule has 1 heterocycles. The fourth-order valence-electron chi connectivity index (χ4n) is 2.13. The van der Waals surface area contributed by atoms with Crippen LogP contribution in [0, 0.1) is 12.8 Å². The number of sulfonamides is 1. The topological polar surface area (TPSA) is 63.4 Å². The molecule has 1 aromatic carbocycles. The molecule has 2 rings (SSSR count). The normalized spacial score (nSPS) is 21.9. The average Bonchev–Trinajstić information content (AvgIpc) is 2.78. The zero-order chi connectivity index (χ0) is 12.5. The van der Waals surface area contributed by atoms with Gasteiger partial charge in [0.05, 0.1) is 4.90 Å². The van der Waals surface area contributed by atoms with E-state index in [1.165, 1.54) is 0 Å². The molecule has 5 heteroatoms. The minimum Gasteiger partial charge on any atom is -0.330 e. The maximum atomic E-state index is 12.3. The second-order valence-electron chi connectivity index (χ2n) is 4.57. The Morgan fingerprint density at radius 3 is 2.82 bits per heavy atom. The summed E-state index contributed by atoms with van der Waals surface area (Å²) in [5.41, 5.74) is 6.54. The van der Waals surface area contributed by atoms with E-state index in [-0.39, 0.29) is 0 Å². The Kier molecular flexibility index (Phi) is 3.51. The highest BCUT2D eigenvalue weighted by Crippen LogP contribution is 2.24. The molecule has 1 aliphatic rings. The van der Waals surface area contributed by atoms with E-state index in [0.29, 0.717) is 30.4 Å². The zero-order valence-corrected chi connectivity index (χ0v) is 10.8. The van der Waals surface area contributed by atoms with E-state index in [1.54, 1.807) is 22.5 Å². The smallest absolute Gasteiger partial charge is 0.243 e. The Morgan fingerprint density at radius 1 is 1.47 bits per heavy atom. The summed E-state index contributed by atoms with van der Waals surface area (Å²) in [5.74, 6) is 0.301. The van der Waals surface area contributed by atoms with E-state index < -0.39 is 10.0 Å². The summed E-state index contributed by atoms with van der Waals surface area (Å²) >= 11 is 0. The number of nitrogens with zero attached hydrogens (tertiary/aromatic N) is 1. The van der Waals surface area contributed by atoms with Crippen LogP contribution in [0.4, 0.5) is 0 Å². The number of hydrogen-bond donors (Lipinski definition) is 1. The molecule has 1 saturated heterocycles. The summed E-state index contributed by atoms with van der Waals surface area (Å²) in [5, 5.41) is 0. The summed E-state index contributed by atoms with van der Waals surface area (Å²) in [7, 11) is -3.33. The molecule has 0 saturated carbocycles. The fraction of sp³-hybridized carbons (Fsp3) is 0.500. The number of benzene rings is 1. The van der Waals surface area contributed by atoms with Gasteiger partial charge >= 0.3 is 0 Å². The van der Waals surface area contributed by atoms with E-state index in [9.17, 15) is 8.42 Å². The van der Waals surface area contributed by atoms with Crippen molar-refractivity contribution in [2.45, 2.75) is 18.2 Å². The molecule has 0 aromatic heterocycles. The van der Waals surface area contributed by atoms with Crippen LogP contribution >= 0.6 is 0 Å². The molecule has 1 aliphatic heterocycles. The monoisotopic (exact) mass is 254 g/mol. The lowest BCUT2D eigenvalue weighted by Gasteiger charge is -2.16. The lowest BCUT2D eigenvalue weighted by molar-refractivity contribution is 0.459. The van der Waals surface area contributed by atoms with E-state index in [4.69, 9.17) is 5.73 Å². The summed E-state index contributed by atoms with van der Waals surface area (Å²) < 4.78 is 26.2. The van der Waals surface area contributed by atoms with Gasteiger partial charge in [0.15, 0.2) is 0 Å². The third kappa shape index (κ3) is 2.51. The van der Waals surface area contributed by atoms with Crippen molar-refractivity contribution in [3.8, 4) is 0 Å². The Hall–Kier alpha value is -0.910. The maximum absolute atomic E-state index is 12.3. The minimum atomic E-state index is -3.33. The van der Waals surface area contributed by atoms with Crippen molar-refractivity contribution in [2.24, 2.45) is 11.7 Å². The number of hydrogen-bond acceptors (Lipinski definition) is 3. The van der Waals surface area contributed by atoms with Crippen molar-refractivity contribution in [1.29, 1.82) is 0 Å². The van der Waals surface area contributed by atoms with Crippen molar-refractivity contribution in [3.63, 3.8) is 0 Å². The molecule has 0 radical (unpaired) electrons. The lowest BCUT2D eigenvalue weighted by Crippen LogP contribution is -2.30. The van der Waals surface area contributed by atoms with Gasteiger partial charge in [-0.1, -0.05) is 12.1 Å². The van der Waals surface area contributed by atoms with Gasteiger partial charge < -0.3 is 5.73 Å². The standard InChI is InChI=1S/C12H18N2O2S/c1-10-3-2-4-12(7-10)17(15,16)14-6-5-11(8-13)9-14/h2-4,7,11H,5-6,8-9,13H2,1H3/t11-/m0/s1. The quantitative estimate of drug-likeness (QED) is 0.874. The highest BCUT2D eigenvalue weighted by Gasteiger charge is 2.31. The maximum Gasteiger partial charge on any atom is 0.243 e. The van der Waals surface area contributed by atoms with Crippen LogP contribution in [0.5, 0.6) is 0 Å². The van der Waals surface area contributed by atoms with Crippen molar-refractivity contribution in [1.82, 2.24) is 4.31 Å². The SMILES string of the molecule is Cc1cccc(S(=O)(=O)N2CC[C@@H](CN)C2)c1. The van der Waals surface area contributed by atoms with Crippen LogP contribution in [0.15, 0.2) is 29.2 Å². The molecule has 1 aromatic rings. The first-order valence-electron chi connectivity index (χ1n) is 5.81. The van der Waals surface area contributed by atoms with E-state index in [2.05, 4.69) is 0 Å². The third-order valence-electron chi connectivity index (χ3n) is 3.21. The van der Waals surface area contributed by atoms with Gasteiger partial charge in [0.1, 0.15) is 0 Å². The van der Waals surface area contributed by atoms with Gasteiger partial charge in [-0.25, -0.2) is 8.42 Å². The second kappa shape index (κ2) is 4.76. The average molecular weight is 254 g/mol. The first kappa shape index (κ1) is 12.5. The van der Waals surface area contributed by atoms with Crippen molar-refractivity contribution < 1.29 is 8.42 Å². The Labute approximate surface area is 102 Å². The van der Waals surface area contributed by atoms with Gasteiger partial charge in [0, 0.05) is 13.1 Å². The van der Waals surface area contributed by atoms with Crippen LogP contribution in [-0.4, -0.2) is 32.4 Å². The van der Waals surface area contributed by atoms with Crippen LogP contribution in [0.1, 0.15) is 12.0 Å². The Bertz CT molecular complexity index is 499. The molecule has 0 bridgehead atoms. The molecular weight excluding hydrogens is 236 g/mol. The molecule has 4 nitrogen and oxygen atoms in total. The first-order chi connectivity index (χ1) is 8.04. The highest BCUT2D eigenvalue weighted by molar-refractivity contribution is 7.89. The second-order valence-corrected chi connectivity index (χ2v) is 6.51. The van der Waals surface area contributed by atoms with E-state index in [1.807, 2.05) is 13.0 Å². The highest BCUT2D eigenvalue weighted by atomic mass is 32.2.